The van der Waals surface area contributed by atoms with Gasteiger partial charge in [-0.3, -0.25) is 0 Å². The first-order chi connectivity index (χ1) is 44.9. The molecular formula is C90H185P. The molecule has 0 radical (unpaired) electrons. The molecular weight excluding hydrogens is 1110 g/mol. The van der Waals surface area contributed by atoms with Crippen LogP contribution in [0.4, 0.5) is 0 Å². The van der Waals surface area contributed by atoms with Gasteiger partial charge in [0.05, 0.1) is 0 Å². The molecule has 0 aromatic rings. The number of hydrogen-bond acceptors (Lipinski definition) is 0. The van der Waals surface area contributed by atoms with E-state index in [9.17, 15) is 0 Å². The molecule has 0 aliphatic heterocycles. The third-order valence-electron chi connectivity index (χ3n) is 24.0. The predicted octanol–water partition coefficient (Wildman–Crippen LogP) is 34.7. The van der Waals surface area contributed by atoms with Gasteiger partial charge in [0.1, 0.15) is 0 Å². The molecule has 0 spiro atoms. The molecule has 550 valence electrons. The standard InChI is InChI=1S/C90H185P/c1-9-17-25-33-41-49-59-69-79-89(80-70-60-50-42-34-26-18-10-2,81-71-61-51-43-35-27-19-11-3)82-72-62-54-55-65-75-85-90(83-73-63-52-44-36-28-20-12-4,84-74-64-53-45-37-29-21-13-5)91(86-76-66-56-46-38-30-22-14-6,87-77-67-57-47-39-31-23-15-7)88-78-68-58-48-40-32-24-16-8/h91H,9-88H2,1-8H3. The van der Waals surface area contributed by atoms with Crippen LogP contribution in [0.5, 0.6) is 0 Å². The SMILES string of the molecule is CCCCCCCCCCC(CCCCCCCCCC)(CCCCCCCCCC)CCCCCCCCC(CCCCCCCCCC)(CCCCCCCCCC)[PH](CCCCCCCCCC)(CCCCCCCCCC)CCCCCCCCCC. The molecule has 0 saturated heterocycles. The fraction of sp³-hybridized carbons (Fsp3) is 1.00. The van der Waals surface area contributed by atoms with E-state index >= 15 is 0 Å². The normalized spacial score (nSPS) is 12.6. The molecule has 1 heteroatoms. The van der Waals surface area contributed by atoms with E-state index in [2.05, 4.69) is 55.4 Å². The van der Waals surface area contributed by atoms with Crippen LogP contribution < -0.4 is 0 Å². The Kier molecular flexibility index (Phi) is 75.0. The van der Waals surface area contributed by atoms with Crippen LogP contribution in [0.3, 0.4) is 0 Å². The number of rotatable bonds is 82. The molecule has 0 saturated carbocycles. The predicted molar refractivity (Wildman–Crippen MR) is 429 cm³/mol. The van der Waals surface area contributed by atoms with E-state index in [1.165, 1.54) is 392 Å². The molecule has 91 heavy (non-hydrogen) atoms. The molecule has 0 heterocycles. The molecule has 0 bridgehead atoms. The average Bonchev–Trinajstić information content (AvgIpc) is 1.23. The van der Waals surface area contributed by atoms with Crippen molar-refractivity contribution < 1.29 is 0 Å². The van der Waals surface area contributed by atoms with Crippen molar-refractivity contribution in [2.75, 3.05) is 18.5 Å². The zero-order valence-corrected chi connectivity index (χ0v) is 67.1. The van der Waals surface area contributed by atoms with Crippen molar-refractivity contribution in [2.45, 2.75) is 555 Å². The quantitative estimate of drug-likeness (QED) is 0.0421. The summed E-state index contributed by atoms with van der Waals surface area (Å²) < 4.78 is 0. The second kappa shape index (κ2) is 74.6. The topological polar surface area (TPSA) is 0 Å². The zero-order valence-electron chi connectivity index (χ0n) is 66.1. The van der Waals surface area contributed by atoms with Gasteiger partial charge in [-0.05, 0) is 0 Å². The Morgan fingerprint density at radius 3 is 0.407 bits per heavy atom. The summed E-state index contributed by atoms with van der Waals surface area (Å²) >= 11 is 0. The minimum absolute atomic E-state index is 0.629. The van der Waals surface area contributed by atoms with E-state index in [4.69, 9.17) is 0 Å². The van der Waals surface area contributed by atoms with Gasteiger partial charge in [0, 0.05) is 0 Å². The summed E-state index contributed by atoms with van der Waals surface area (Å²) in [6, 6.07) is 0. The van der Waals surface area contributed by atoms with Crippen molar-refractivity contribution in [3.05, 3.63) is 0 Å². The molecule has 0 amide bonds. The van der Waals surface area contributed by atoms with E-state index in [-0.39, 0.29) is 0 Å². The van der Waals surface area contributed by atoms with Crippen molar-refractivity contribution in [3.63, 3.8) is 0 Å². The van der Waals surface area contributed by atoms with E-state index in [0.717, 1.165) is 0 Å². The maximum atomic E-state index is 2.40. The summed E-state index contributed by atoms with van der Waals surface area (Å²) in [6.45, 7) is 19.1. The monoisotopic (exact) mass is 1300 g/mol. The van der Waals surface area contributed by atoms with Gasteiger partial charge in [0.2, 0.25) is 0 Å². The molecule has 0 fully saturated rings. The fourth-order valence-corrected chi connectivity index (χ4v) is 24.9. The Bertz CT molecular complexity index is 1180. The van der Waals surface area contributed by atoms with Crippen molar-refractivity contribution >= 4 is 7.26 Å². The molecule has 0 rings (SSSR count). The summed E-state index contributed by atoms with van der Waals surface area (Å²) in [6.07, 6.45) is 120. The average molecular weight is 1300 g/mol. The van der Waals surface area contributed by atoms with Crippen LogP contribution in [0.2, 0.25) is 0 Å². The van der Waals surface area contributed by atoms with Gasteiger partial charge in [-0.25, -0.2) is 0 Å². The summed E-state index contributed by atoms with van der Waals surface area (Å²) in [4.78, 5) is 0. The molecule has 0 atom stereocenters. The van der Waals surface area contributed by atoms with E-state index in [1.807, 2.05) is 0 Å². The first-order valence-electron chi connectivity index (χ1n) is 44.9. The van der Waals surface area contributed by atoms with Gasteiger partial charge < -0.3 is 0 Å². The van der Waals surface area contributed by atoms with Gasteiger partial charge in [0.15, 0.2) is 0 Å². The maximum absolute atomic E-state index is 2.40. The van der Waals surface area contributed by atoms with Crippen molar-refractivity contribution in [3.8, 4) is 0 Å². The number of hydrogen-bond donors (Lipinski definition) is 0. The van der Waals surface area contributed by atoms with Gasteiger partial charge in [-0.1, -0.05) is 156 Å². The van der Waals surface area contributed by atoms with Crippen LogP contribution in [0.15, 0.2) is 0 Å². The van der Waals surface area contributed by atoms with Crippen LogP contribution in [0.1, 0.15) is 550 Å². The minimum atomic E-state index is -1.67. The first-order valence-corrected chi connectivity index (χ1v) is 47.6. The third-order valence-corrected chi connectivity index (χ3v) is 30.9. The second-order valence-corrected chi connectivity index (χ2v) is 37.6. The third kappa shape index (κ3) is 58.0. The van der Waals surface area contributed by atoms with Gasteiger partial charge in [-0.15, -0.1) is 0 Å². The van der Waals surface area contributed by atoms with E-state index in [1.54, 1.807) is 121 Å². The Hall–Kier alpha value is 0.430. The van der Waals surface area contributed by atoms with Crippen LogP contribution in [-0.2, 0) is 0 Å². The van der Waals surface area contributed by atoms with E-state index in [0.29, 0.717) is 10.6 Å². The van der Waals surface area contributed by atoms with Crippen LogP contribution >= 0.6 is 7.26 Å². The molecule has 0 aromatic carbocycles. The van der Waals surface area contributed by atoms with Gasteiger partial charge in [-0.2, -0.15) is 0 Å². The van der Waals surface area contributed by atoms with E-state index < -0.39 is 7.26 Å². The molecule has 0 unspecified atom stereocenters. The molecule has 0 nitrogen and oxygen atoms in total. The van der Waals surface area contributed by atoms with Crippen LogP contribution in [0.25, 0.3) is 0 Å². The fourth-order valence-electron chi connectivity index (χ4n) is 17.6. The molecule has 0 N–H and O–H groups in total. The van der Waals surface area contributed by atoms with Crippen molar-refractivity contribution in [1.82, 2.24) is 0 Å². The molecule has 0 aromatic heterocycles. The first kappa shape index (κ1) is 91.4. The molecule has 0 aliphatic rings. The Morgan fingerprint density at radius 1 is 0.132 bits per heavy atom. The second-order valence-electron chi connectivity index (χ2n) is 32.5. The Labute approximate surface area is 582 Å². The number of unbranched alkanes of at least 4 members (excludes halogenated alkanes) is 61. The van der Waals surface area contributed by atoms with Crippen LogP contribution in [0, 0.1) is 5.41 Å². The Balaban J connectivity index is 7.04. The zero-order chi connectivity index (χ0) is 66.1. The van der Waals surface area contributed by atoms with Crippen molar-refractivity contribution in [2.24, 2.45) is 5.41 Å². The summed E-state index contributed by atoms with van der Waals surface area (Å²) in [7, 11) is -1.67. The summed E-state index contributed by atoms with van der Waals surface area (Å²) in [5.41, 5.74) is 0.629. The summed E-state index contributed by atoms with van der Waals surface area (Å²) in [5, 5.41) is 0.681. The van der Waals surface area contributed by atoms with Crippen LogP contribution in [-0.4, -0.2) is 23.6 Å². The van der Waals surface area contributed by atoms with Crippen molar-refractivity contribution in [1.29, 1.82) is 0 Å². The molecule has 0 aliphatic carbocycles. The van der Waals surface area contributed by atoms with Gasteiger partial charge in [0.25, 0.3) is 0 Å². The Morgan fingerprint density at radius 2 is 0.253 bits per heavy atom. The van der Waals surface area contributed by atoms with Gasteiger partial charge >= 0.3 is 431 Å². The summed E-state index contributed by atoms with van der Waals surface area (Å²) in [5.74, 6) is 0.